The van der Waals surface area contributed by atoms with Crippen LogP contribution in [0, 0.1) is 52.3 Å². The molecule has 0 saturated heterocycles. The van der Waals surface area contributed by atoms with Gasteiger partial charge in [0.15, 0.2) is 0 Å². The second-order valence-corrected chi connectivity index (χ2v) is 12.1. The fraction of sp³-hybridized carbons (Fsp3) is 0.821. The number of Topliss-reactive ketones (excluding diaryl/α,β-unsaturated/α-hetero) is 1. The first-order valence-electron chi connectivity index (χ1n) is 12.6. The minimum atomic E-state index is 0.385. The van der Waals surface area contributed by atoms with Gasteiger partial charge in [-0.05, 0) is 90.8 Å². The Balaban J connectivity index is 1.55. The monoisotopic (exact) mass is 396 g/mol. The molecule has 3 saturated carbocycles. The van der Waals surface area contributed by atoms with Gasteiger partial charge in [0.2, 0.25) is 0 Å². The fourth-order valence-corrected chi connectivity index (χ4v) is 7.91. The summed E-state index contributed by atoms with van der Waals surface area (Å²) in [6, 6.07) is 0. The van der Waals surface area contributed by atoms with E-state index in [-0.39, 0.29) is 0 Å². The van der Waals surface area contributed by atoms with E-state index < -0.39 is 0 Å². The Bertz CT molecular complexity index is 699. The second-order valence-electron chi connectivity index (χ2n) is 12.1. The molecule has 0 unspecified atom stereocenters. The molecule has 1 nitrogen and oxygen atoms in total. The fourth-order valence-electron chi connectivity index (χ4n) is 7.91. The molecule has 0 aliphatic heterocycles. The van der Waals surface area contributed by atoms with Gasteiger partial charge >= 0.3 is 0 Å². The number of carbonyl (C=O) groups is 1. The smallest absolute Gasteiger partial charge is 0.133 e. The van der Waals surface area contributed by atoms with Crippen molar-refractivity contribution < 1.29 is 4.79 Å². The van der Waals surface area contributed by atoms with E-state index in [4.69, 9.17) is 0 Å². The molecule has 0 heterocycles. The van der Waals surface area contributed by atoms with Gasteiger partial charge in [-0.1, -0.05) is 65.3 Å². The summed E-state index contributed by atoms with van der Waals surface area (Å²) in [5.74, 6) is 5.57. The largest absolute Gasteiger partial charge is 0.300 e. The molecule has 0 bridgehead atoms. The van der Waals surface area contributed by atoms with Crippen molar-refractivity contribution in [1.82, 2.24) is 0 Å². The van der Waals surface area contributed by atoms with Crippen molar-refractivity contribution in [3.8, 4) is 0 Å². The maximum Gasteiger partial charge on any atom is 0.133 e. The van der Waals surface area contributed by atoms with Crippen LogP contribution in [0.1, 0.15) is 92.9 Å². The van der Waals surface area contributed by atoms with Gasteiger partial charge in [0.25, 0.3) is 0 Å². The van der Waals surface area contributed by atoms with Crippen molar-refractivity contribution >= 4 is 5.78 Å². The third-order valence-corrected chi connectivity index (χ3v) is 10.4. The molecule has 4 rings (SSSR count). The van der Waals surface area contributed by atoms with Crippen LogP contribution in [-0.4, -0.2) is 5.78 Å². The van der Waals surface area contributed by atoms with Gasteiger partial charge in [-0.15, -0.1) is 0 Å². The Morgan fingerprint density at radius 1 is 0.966 bits per heavy atom. The van der Waals surface area contributed by atoms with Crippen molar-refractivity contribution in [2.75, 3.05) is 0 Å². The van der Waals surface area contributed by atoms with Crippen LogP contribution in [0.5, 0.6) is 0 Å². The van der Waals surface area contributed by atoms with Crippen LogP contribution in [0.3, 0.4) is 0 Å². The molecule has 0 aromatic rings. The Labute approximate surface area is 179 Å². The molecule has 162 valence electrons. The highest BCUT2D eigenvalue weighted by molar-refractivity contribution is 5.79. The van der Waals surface area contributed by atoms with Crippen LogP contribution in [-0.2, 0) is 4.79 Å². The summed E-state index contributed by atoms with van der Waals surface area (Å²) in [7, 11) is 0. The molecule has 0 spiro atoms. The van der Waals surface area contributed by atoms with Crippen molar-refractivity contribution in [3.05, 3.63) is 23.8 Å². The lowest BCUT2D eigenvalue weighted by Crippen LogP contribution is -2.49. The minimum Gasteiger partial charge on any atom is -0.300 e. The van der Waals surface area contributed by atoms with E-state index in [1.807, 2.05) is 5.57 Å². The van der Waals surface area contributed by atoms with Crippen molar-refractivity contribution in [2.45, 2.75) is 92.9 Å². The third-order valence-electron chi connectivity index (χ3n) is 10.4. The molecule has 1 heteroatoms. The maximum absolute atomic E-state index is 12.1. The molecule has 29 heavy (non-hydrogen) atoms. The first-order chi connectivity index (χ1) is 13.7. The lowest BCUT2D eigenvalue weighted by Gasteiger charge is -2.57. The van der Waals surface area contributed by atoms with Gasteiger partial charge in [-0.3, -0.25) is 4.79 Å². The maximum atomic E-state index is 12.1. The standard InChI is InChI=1S/C28H44O/c1-18(2)19(3)7-8-20(4)24-11-12-25-23-10-9-21-17-22(29)13-15-27(21,5)26(23)14-16-28(24,25)6/h7-8,10,18-21,24-26H,9,11-17H2,1-6H3/b8-7+/t19-,20+,21+,24+,25-,26-,27-,28+/m0/s1. The first-order valence-corrected chi connectivity index (χ1v) is 12.6. The van der Waals surface area contributed by atoms with Crippen LogP contribution in [0.25, 0.3) is 0 Å². The summed E-state index contributed by atoms with van der Waals surface area (Å²) < 4.78 is 0. The summed E-state index contributed by atoms with van der Waals surface area (Å²) in [6.07, 6.45) is 17.2. The molecular formula is C28H44O. The molecule has 0 N–H and O–H groups in total. The predicted molar refractivity (Wildman–Crippen MR) is 123 cm³/mol. The van der Waals surface area contributed by atoms with E-state index in [0.717, 1.165) is 49.4 Å². The summed E-state index contributed by atoms with van der Waals surface area (Å²) in [4.78, 5) is 12.1. The lowest BCUT2D eigenvalue weighted by molar-refractivity contribution is -0.127. The molecule has 8 atom stereocenters. The van der Waals surface area contributed by atoms with Gasteiger partial charge in [-0.25, -0.2) is 0 Å². The predicted octanol–water partition coefficient (Wildman–Crippen LogP) is 7.62. The molecule has 0 radical (unpaired) electrons. The van der Waals surface area contributed by atoms with Gasteiger partial charge < -0.3 is 0 Å². The highest BCUT2D eigenvalue weighted by Crippen LogP contribution is 2.66. The molecule has 3 fully saturated rings. The third kappa shape index (κ3) is 3.49. The van der Waals surface area contributed by atoms with E-state index in [2.05, 4.69) is 59.8 Å². The average Bonchev–Trinajstić information content (AvgIpc) is 3.03. The normalized spacial score (nSPS) is 44.2. The van der Waals surface area contributed by atoms with E-state index in [0.29, 0.717) is 34.4 Å². The van der Waals surface area contributed by atoms with Gasteiger partial charge in [0, 0.05) is 12.8 Å². The SMILES string of the molecule is CC(C)[C@@H](C)/C=C/[C@@H](C)[C@H]1CC[C@H]2C3=CC[C@@H]4CC(=O)CC[C@]4(C)[C@H]3CC[C@]12C. The molecule has 4 aliphatic carbocycles. The van der Waals surface area contributed by atoms with Crippen molar-refractivity contribution in [3.63, 3.8) is 0 Å². The van der Waals surface area contributed by atoms with Gasteiger partial charge in [-0.2, -0.15) is 0 Å². The van der Waals surface area contributed by atoms with Crippen molar-refractivity contribution in [2.24, 2.45) is 52.3 Å². The zero-order chi connectivity index (χ0) is 21.0. The van der Waals surface area contributed by atoms with Crippen LogP contribution in [0.4, 0.5) is 0 Å². The molecule has 0 aromatic heterocycles. The van der Waals surface area contributed by atoms with Crippen LogP contribution in [0.15, 0.2) is 23.8 Å². The van der Waals surface area contributed by atoms with Gasteiger partial charge in [0.1, 0.15) is 5.78 Å². The van der Waals surface area contributed by atoms with Crippen LogP contribution < -0.4 is 0 Å². The van der Waals surface area contributed by atoms with E-state index in [9.17, 15) is 4.79 Å². The van der Waals surface area contributed by atoms with E-state index in [1.54, 1.807) is 0 Å². The lowest BCUT2D eigenvalue weighted by atomic mass is 9.48. The molecule has 0 amide bonds. The number of ketones is 1. The Hall–Kier alpha value is -0.850. The zero-order valence-corrected chi connectivity index (χ0v) is 19.8. The number of hydrogen-bond donors (Lipinski definition) is 0. The highest BCUT2D eigenvalue weighted by atomic mass is 16.1. The summed E-state index contributed by atoms with van der Waals surface area (Å²) in [5, 5.41) is 0. The van der Waals surface area contributed by atoms with Crippen molar-refractivity contribution in [1.29, 1.82) is 0 Å². The number of carbonyl (C=O) groups excluding carboxylic acids is 1. The number of rotatable bonds is 4. The van der Waals surface area contributed by atoms with E-state index in [1.165, 1.54) is 25.7 Å². The average molecular weight is 397 g/mol. The highest BCUT2D eigenvalue weighted by Gasteiger charge is 2.57. The minimum absolute atomic E-state index is 0.385. The Morgan fingerprint density at radius 2 is 1.69 bits per heavy atom. The summed E-state index contributed by atoms with van der Waals surface area (Å²) >= 11 is 0. The number of hydrogen-bond acceptors (Lipinski definition) is 1. The molecule has 4 aliphatic rings. The Morgan fingerprint density at radius 3 is 2.41 bits per heavy atom. The van der Waals surface area contributed by atoms with Crippen LogP contribution in [0.2, 0.25) is 0 Å². The van der Waals surface area contributed by atoms with E-state index >= 15 is 0 Å². The zero-order valence-electron chi connectivity index (χ0n) is 19.8. The number of fused-ring (bicyclic) bond motifs is 5. The quantitative estimate of drug-likeness (QED) is 0.447. The van der Waals surface area contributed by atoms with Crippen LogP contribution >= 0.6 is 0 Å². The Kier molecular flexibility index (Phi) is 5.67. The molecular weight excluding hydrogens is 352 g/mol. The second kappa shape index (κ2) is 7.69. The topological polar surface area (TPSA) is 17.1 Å². The molecule has 0 aromatic carbocycles. The first kappa shape index (κ1) is 21.4. The summed E-state index contributed by atoms with van der Waals surface area (Å²) in [6.45, 7) is 14.7. The van der Waals surface area contributed by atoms with Gasteiger partial charge in [0.05, 0.1) is 0 Å². The summed E-state index contributed by atoms with van der Waals surface area (Å²) in [5.41, 5.74) is 2.68. The number of allylic oxidation sites excluding steroid dienone is 4.